The minimum Gasteiger partial charge on any atom is -0.352 e. The van der Waals surface area contributed by atoms with Gasteiger partial charge in [0.15, 0.2) is 0 Å². The van der Waals surface area contributed by atoms with Crippen molar-refractivity contribution in [3.8, 4) is 0 Å². The van der Waals surface area contributed by atoms with Gasteiger partial charge >= 0.3 is 0 Å². The molecule has 0 radical (unpaired) electrons. The fourth-order valence-electron chi connectivity index (χ4n) is 3.54. The standard InChI is InChI=1S/C24H21FN2O2/c25-21-11-5-17(6-12-21)13-15-26-23(28)19-7-9-20(10-8-19)24(29)27-16-14-18-3-1-2-4-22(18)27/h1-12H,13-16H2,(H,26,28). The lowest BCUT2D eigenvalue weighted by Gasteiger charge is -2.17. The Morgan fingerprint density at radius 2 is 1.59 bits per heavy atom. The first kappa shape index (κ1) is 18.9. The average Bonchev–Trinajstić information content (AvgIpc) is 3.19. The molecule has 3 aromatic rings. The second-order valence-electron chi connectivity index (χ2n) is 7.05. The Labute approximate surface area is 169 Å². The molecule has 0 aromatic heterocycles. The van der Waals surface area contributed by atoms with Crippen LogP contribution in [0.25, 0.3) is 0 Å². The number of nitrogens with zero attached hydrogens (tertiary/aromatic N) is 1. The molecule has 0 fully saturated rings. The number of nitrogens with one attached hydrogen (secondary N) is 1. The second kappa shape index (κ2) is 8.27. The summed E-state index contributed by atoms with van der Waals surface area (Å²) in [6.07, 6.45) is 1.48. The van der Waals surface area contributed by atoms with E-state index >= 15 is 0 Å². The predicted octanol–water partition coefficient (Wildman–Crippen LogP) is 4.00. The summed E-state index contributed by atoms with van der Waals surface area (Å²) in [4.78, 5) is 27.0. The third kappa shape index (κ3) is 4.19. The molecule has 0 aliphatic carbocycles. The van der Waals surface area contributed by atoms with Gasteiger partial charge in [-0.05, 0) is 66.4 Å². The minimum absolute atomic E-state index is 0.0572. The van der Waals surface area contributed by atoms with E-state index < -0.39 is 0 Å². The van der Waals surface area contributed by atoms with E-state index in [-0.39, 0.29) is 17.6 Å². The average molecular weight is 388 g/mol. The number of hydrogen-bond donors (Lipinski definition) is 1. The number of carbonyl (C=O) groups excluding carboxylic acids is 2. The van der Waals surface area contributed by atoms with Gasteiger partial charge in [0.05, 0.1) is 0 Å². The van der Waals surface area contributed by atoms with Crippen molar-refractivity contribution in [1.82, 2.24) is 5.32 Å². The lowest BCUT2D eigenvalue weighted by Crippen LogP contribution is -2.29. The molecule has 3 aromatic carbocycles. The lowest BCUT2D eigenvalue weighted by atomic mass is 10.1. The summed E-state index contributed by atoms with van der Waals surface area (Å²) in [6.45, 7) is 1.12. The number of carbonyl (C=O) groups is 2. The zero-order valence-corrected chi connectivity index (χ0v) is 15.9. The van der Waals surface area contributed by atoms with E-state index in [2.05, 4.69) is 5.32 Å². The van der Waals surface area contributed by atoms with Crippen LogP contribution in [0.4, 0.5) is 10.1 Å². The molecule has 4 nitrogen and oxygen atoms in total. The van der Waals surface area contributed by atoms with Gasteiger partial charge in [0, 0.05) is 29.9 Å². The summed E-state index contributed by atoms with van der Waals surface area (Å²) < 4.78 is 12.9. The maximum Gasteiger partial charge on any atom is 0.258 e. The van der Waals surface area contributed by atoms with Gasteiger partial charge in [-0.2, -0.15) is 0 Å². The molecule has 4 rings (SSSR count). The number of amides is 2. The number of anilines is 1. The molecule has 0 bridgehead atoms. The van der Waals surface area contributed by atoms with Crippen molar-refractivity contribution >= 4 is 17.5 Å². The van der Waals surface area contributed by atoms with E-state index in [4.69, 9.17) is 0 Å². The summed E-state index contributed by atoms with van der Waals surface area (Å²) in [5, 5.41) is 2.85. The highest BCUT2D eigenvalue weighted by atomic mass is 19.1. The van der Waals surface area contributed by atoms with Crippen LogP contribution in [0.15, 0.2) is 72.8 Å². The summed E-state index contributed by atoms with van der Waals surface area (Å²) in [5.74, 6) is -0.527. The lowest BCUT2D eigenvalue weighted by molar-refractivity contribution is 0.0950. The van der Waals surface area contributed by atoms with E-state index in [0.717, 1.165) is 17.7 Å². The summed E-state index contributed by atoms with van der Waals surface area (Å²) >= 11 is 0. The van der Waals surface area contributed by atoms with Crippen LogP contribution in [0, 0.1) is 5.82 Å². The van der Waals surface area contributed by atoms with Crippen molar-refractivity contribution in [2.45, 2.75) is 12.8 Å². The number of rotatable bonds is 5. The quantitative estimate of drug-likeness (QED) is 0.718. The third-order valence-electron chi connectivity index (χ3n) is 5.14. The molecule has 5 heteroatoms. The van der Waals surface area contributed by atoms with Gasteiger partial charge in [0.1, 0.15) is 5.82 Å². The molecule has 146 valence electrons. The van der Waals surface area contributed by atoms with Gasteiger partial charge in [-0.3, -0.25) is 9.59 Å². The molecule has 0 saturated heterocycles. The molecule has 1 N–H and O–H groups in total. The summed E-state index contributed by atoms with van der Waals surface area (Å²) in [5.41, 5.74) is 4.16. The second-order valence-corrected chi connectivity index (χ2v) is 7.05. The monoisotopic (exact) mass is 388 g/mol. The largest absolute Gasteiger partial charge is 0.352 e. The van der Waals surface area contributed by atoms with E-state index in [0.29, 0.717) is 30.6 Å². The Morgan fingerprint density at radius 3 is 2.34 bits per heavy atom. The summed E-state index contributed by atoms with van der Waals surface area (Å²) in [7, 11) is 0. The van der Waals surface area contributed by atoms with Crippen molar-refractivity contribution in [2.24, 2.45) is 0 Å². The van der Waals surface area contributed by atoms with Crippen LogP contribution in [-0.4, -0.2) is 24.9 Å². The Kier molecular flexibility index (Phi) is 5.38. The molecule has 0 saturated carbocycles. The highest BCUT2D eigenvalue weighted by molar-refractivity contribution is 6.07. The van der Waals surface area contributed by atoms with Gasteiger partial charge in [-0.25, -0.2) is 4.39 Å². The first-order valence-electron chi connectivity index (χ1n) is 9.64. The molecule has 0 atom stereocenters. The van der Waals surface area contributed by atoms with E-state index in [9.17, 15) is 14.0 Å². The van der Waals surface area contributed by atoms with Crippen molar-refractivity contribution in [1.29, 1.82) is 0 Å². The Bertz CT molecular complexity index is 1030. The highest BCUT2D eigenvalue weighted by Gasteiger charge is 2.25. The Balaban J connectivity index is 1.35. The molecule has 0 unspecified atom stereocenters. The maximum atomic E-state index is 12.9. The summed E-state index contributed by atoms with van der Waals surface area (Å²) in [6, 6.07) is 20.9. The first-order valence-corrected chi connectivity index (χ1v) is 9.64. The fraction of sp³-hybridized carbons (Fsp3) is 0.167. The number of halogens is 1. The topological polar surface area (TPSA) is 49.4 Å². The van der Waals surface area contributed by atoms with Crippen LogP contribution in [0.1, 0.15) is 31.8 Å². The van der Waals surface area contributed by atoms with Crippen LogP contribution >= 0.6 is 0 Å². The molecule has 29 heavy (non-hydrogen) atoms. The van der Waals surface area contributed by atoms with E-state index in [1.807, 2.05) is 24.3 Å². The SMILES string of the molecule is O=C(NCCc1ccc(F)cc1)c1ccc(C(=O)N2CCc3ccccc32)cc1. The fourth-order valence-corrected chi connectivity index (χ4v) is 3.54. The van der Waals surface area contributed by atoms with Gasteiger partial charge in [-0.15, -0.1) is 0 Å². The molecule has 0 spiro atoms. The van der Waals surface area contributed by atoms with Crippen molar-refractivity contribution in [3.05, 3.63) is 101 Å². The predicted molar refractivity (Wildman–Crippen MR) is 111 cm³/mol. The number of para-hydroxylation sites is 1. The highest BCUT2D eigenvalue weighted by Crippen LogP contribution is 2.28. The molecule has 1 aliphatic heterocycles. The minimum atomic E-state index is -0.273. The van der Waals surface area contributed by atoms with Gasteiger partial charge in [0.2, 0.25) is 0 Å². The van der Waals surface area contributed by atoms with Gasteiger partial charge < -0.3 is 10.2 Å². The zero-order valence-electron chi connectivity index (χ0n) is 15.9. The van der Waals surface area contributed by atoms with Crippen LogP contribution < -0.4 is 10.2 Å². The Morgan fingerprint density at radius 1 is 0.897 bits per heavy atom. The molecule has 1 heterocycles. The number of benzene rings is 3. The van der Waals surface area contributed by atoms with Crippen LogP contribution in [-0.2, 0) is 12.8 Å². The van der Waals surface area contributed by atoms with Crippen molar-refractivity contribution in [2.75, 3.05) is 18.0 Å². The van der Waals surface area contributed by atoms with Crippen molar-refractivity contribution < 1.29 is 14.0 Å². The van der Waals surface area contributed by atoms with Gasteiger partial charge in [0.25, 0.3) is 11.8 Å². The smallest absolute Gasteiger partial charge is 0.258 e. The van der Waals surface area contributed by atoms with Crippen LogP contribution in [0.2, 0.25) is 0 Å². The first-order chi connectivity index (χ1) is 14.1. The van der Waals surface area contributed by atoms with Crippen molar-refractivity contribution in [3.63, 3.8) is 0 Å². The maximum absolute atomic E-state index is 12.9. The Hall–Kier alpha value is -3.47. The van der Waals surface area contributed by atoms with Crippen LogP contribution in [0.5, 0.6) is 0 Å². The molecule has 2 amide bonds. The number of fused-ring (bicyclic) bond motifs is 1. The van der Waals surface area contributed by atoms with E-state index in [1.165, 1.54) is 17.7 Å². The van der Waals surface area contributed by atoms with Gasteiger partial charge in [-0.1, -0.05) is 30.3 Å². The molecule has 1 aliphatic rings. The normalized spacial score (nSPS) is 12.5. The molecular weight excluding hydrogens is 367 g/mol. The van der Waals surface area contributed by atoms with E-state index in [1.54, 1.807) is 41.3 Å². The third-order valence-corrected chi connectivity index (χ3v) is 5.14. The molecular formula is C24H21FN2O2. The van der Waals surface area contributed by atoms with Crippen LogP contribution in [0.3, 0.4) is 0 Å². The number of hydrogen-bond acceptors (Lipinski definition) is 2. The zero-order chi connectivity index (χ0) is 20.2.